The van der Waals surface area contributed by atoms with Gasteiger partial charge in [0.1, 0.15) is 5.92 Å². The predicted octanol–water partition coefficient (Wildman–Crippen LogP) is 0.558. The Morgan fingerprint density at radius 2 is 1.95 bits per heavy atom. The first-order valence-corrected chi connectivity index (χ1v) is 6.81. The molecule has 6 nitrogen and oxygen atoms in total. The Kier molecular flexibility index (Phi) is 5.60. The lowest BCUT2D eigenvalue weighted by Gasteiger charge is -2.37. The van der Waals surface area contributed by atoms with E-state index in [1.54, 1.807) is 4.90 Å². The number of carbonyl (C=O) groups excluding carboxylic acids is 1. The van der Waals surface area contributed by atoms with Gasteiger partial charge in [-0.3, -0.25) is 4.79 Å². The lowest BCUT2D eigenvalue weighted by molar-refractivity contribution is -0.136. The summed E-state index contributed by atoms with van der Waals surface area (Å²) in [6.45, 7) is 5.81. The number of carbonyl (C=O) groups is 1. The summed E-state index contributed by atoms with van der Waals surface area (Å²) in [5, 5.41) is 11.8. The highest BCUT2D eigenvalue weighted by atomic mass is 16.4. The molecule has 0 aromatic carbocycles. The number of piperidine rings is 1. The van der Waals surface area contributed by atoms with Crippen LogP contribution in [0, 0.1) is 11.8 Å². The van der Waals surface area contributed by atoms with E-state index in [0.29, 0.717) is 0 Å². The summed E-state index contributed by atoms with van der Waals surface area (Å²) in [7, 11) is 3.91. The van der Waals surface area contributed by atoms with Gasteiger partial charge in [0, 0.05) is 13.1 Å². The van der Waals surface area contributed by atoms with E-state index in [1.807, 2.05) is 20.9 Å². The summed E-state index contributed by atoms with van der Waals surface area (Å²) >= 11 is 0. The number of amidine groups is 1. The molecule has 110 valence electrons. The molecule has 1 amide bonds. The monoisotopic (exact) mass is 270 g/mol. The second-order valence-corrected chi connectivity index (χ2v) is 5.73. The molecule has 1 saturated heterocycles. The normalized spacial score (nSPS) is 20.6. The lowest BCUT2D eigenvalue weighted by atomic mass is 9.92. The minimum atomic E-state index is -0.547. The summed E-state index contributed by atoms with van der Waals surface area (Å²) in [6.07, 6.45) is 1.94. The number of nitrogens with two attached hydrogens (primary N) is 1. The van der Waals surface area contributed by atoms with Gasteiger partial charge in [0.25, 0.3) is 0 Å². The Bertz CT molecular complexity index is 336. The Hall–Kier alpha value is -1.30. The van der Waals surface area contributed by atoms with E-state index in [1.165, 1.54) is 0 Å². The van der Waals surface area contributed by atoms with Crippen LogP contribution in [0.5, 0.6) is 0 Å². The molecule has 1 unspecified atom stereocenters. The lowest BCUT2D eigenvalue weighted by Crippen LogP contribution is -2.49. The fraction of sp³-hybridized carbons (Fsp3) is 0.846. The van der Waals surface area contributed by atoms with Gasteiger partial charge in [0.2, 0.25) is 5.91 Å². The van der Waals surface area contributed by atoms with Crippen molar-refractivity contribution in [3.05, 3.63) is 0 Å². The fourth-order valence-electron chi connectivity index (χ4n) is 2.60. The van der Waals surface area contributed by atoms with Crippen LogP contribution >= 0.6 is 0 Å². The first kappa shape index (κ1) is 15.8. The number of likely N-dealkylation sites (tertiary alicyclic amines) is 1. The van der Waals surface area contributed by atoms with Gasteiger partial charge in [-0.1, -0.05) is 19.0 Å². The molecule has 0 spiro atoms. The van der Waals surface area contributed by atoms with Gasteiger partial charge in [0.15, 0.2) is 5.84 Å². The van der Waals surface area contributed by atoms with E-state index in [0.717, 1.165) is 25.9 Å². The summed E-state index contributed by atoms with van der Waals surface area (Å²) < 4.78 is 0. The standard InChI is InChI=1S/C13H26N4O2/c1-9(2)11(12(14)15-19)13(18)17(4)10-5-7-16(3)8-6-10/h9-11,19H,5-8H2,1-4H3,(H2,14,15). The molecule has 0 aliphatic carbocycles. The molecule has 3 N–H and O–H groups in total. The fourth-order valence-corrected chi connectivity index (χ4v) is 2.60. The second-order valence-electron chi connectivity index (χ2n) is 5.73. The number of nitrogens with zero attached hydrogens (tertiary/aromatic N) is 3. The number of rotatable bonds is 4. The maximum Gasteiger partial charge on any atom is 0.233 e. The first-order chi connectivity index (χ1) is 8.88. The number of amides is 1. The molecule has 0 saturated carbocycles. The van der Waals surface area contributed by atoms with Crippen LogP contribution < -0.4 is 5.73 Å². The zero-order valence-electron chi connectivity index (χ0n) is 12.3. The third-order valence-corrected chi connectivity index (χ3v) is 3.95. The van der Waals surface area contributed by atoms with E-state index in [2.05, 4.69) is 17.1 Å². The Morgan fingerprint density at radius 1 is 1.42 bits per heavy atom. The quantitative estimate of drug-likeness (QED) is 0.338. The minimum Gasteiger partial charge on any atom is -0.409 e. The second kappa shape index (κ2) is 6.75. The average molecular weight is 270 g/mol. The summed E-state index contributed by atoms with van der Waals surface area (Å²) in [4.78, 5) is 16.5. The van der Waals surface area contributed by atoms with Gasteiger partial charge in [-0.05, 0) is 38.9 Å². The van der Waals surface area contributed by atoms with Gasteiger partial charge in [-0.25, -0.2) is 0 Å². The molecule has 19 heavy (non-hydrogen) atoms. The molecule has 1 atom stereocenters. The highest BCUT2D eigenvalue weighted by molar-refractivity contribution is 6.02. The predicted molar refractivity (Wildman–Crippen MR) is 75.0 cm³/mol. The van der Waals surface area contributed by atoms with E-state index in [9.17, 15) is 4.79 Å². The number of oxime groups is 1. The molecule has 1 aliphatic heterocycles. The molecule has 0 aromatic rings. The molecule has 6 heteroatoms. The minimum absolute atomic E-state index is 0.000206. The highest BCUT2D eigenvalue weighted by Gasteiger charge is 2.33. The van der Waals surface area contributed by atoms with E-state index in [4.69, 9.17) is 10.9 Å². The topological polar surface area (TPSA) is 82.2 Å². The van der Waals surface area contributed by atoms with Crippen molar-refractivity contribution < 1.29 is 10.0 Å². The van der Waals surface area contributed by atoms with Crippen LogP contribution in [0.4, 0.5) is 0 Å². The van der Waals surface area contributed by atoms with Gasteiger partial charge in [0.05, 0.1) is 0 Å². The van der Waals surface area contributed by atoms with Crippen molar-refractivity contribution in [2.75, 3.05) is 27.2 Å². The smallest absolute Gasteiger partial charge is 0.233 e. The van der Waals surface area contributed by atoms with E-state index >= 15 is 0 Å². The van der Waals surface area contributed by atoms with E-state index < -0.39 is 5.92 Å². The van der Waals surface area contributed by atoms with Crippen LogP contribution in [0.1, 0.15) is 26.7 Å². The molecule has 0 radical (unpaired) electrons. The zero-order valence-corrected chi connectivity index (χ0v) is 12.3. The molecular weight excluding hydrogens is 244 g/mol. The van der Waals surface area contributed by atoms with Crippen molar-refractivity contribution >= 4 is 11.7 Å². The first-order valence-electron chi connectivity index (χ1n) is 6.81. The molecule has 1 fully saturated rings. The average Bonchev–Trinajstić information content (AvgIpc) is 2.38. The summed E-state index contributed by atoms with van der Waals surface area (Å²) in [5.41, 5.74) is 5.65. The van der Waals surface area contributed by atoms with Crippen LogP contribution in [-0.2, 0) is 4.79 Å². The van der Waals surface area contributed by atoms with Crippen LogP contribution in [0.25, 0.3) is 0 Å². The van der Waals surface area contributed by atoms with Crippen molar-refractivity contribution in [2.24, 2.45) is 22.7 Å². The zero-order chi connectivity index (χ0) is 14.6. The van der Waals surface area contributed by atoms with Gasteiger partial charge in [-0.15, -0.1) is 0 Å². The molecular formula is C13H26N4O2. The Balaban J connectivity index is 2.74. The number of hydrogen-bond acceptors (Lipinski definition) is 4. The van der Waals surface area contributed by atoms with Crippen LogP contribution in [0.2, 0.25) is 0 Å². The third-order valence-electron chi connectivity index (χ3n) is 3.95. The molecule has 1 rings (SSSR count). The third kappa shape index (κ3) is 3.83. The maximum absolute atomic E-state index is 12.5. The molecule has 0 bridgehead atoms. The van der Waals surface area contributed by atoms with Crippen molar-refractivity contribution in [3.8, 4) is 0 Å². The van der Waals surface area contributed by atoms with Crippen molar-refractivity contribution in [3.63, 3.8) is 0 Å². The van der Waals surface area contributed by atoms with Crippen LogP contribution in [-0.4, -0.2) is 60.0 Å². The number of hydrogen-bond donors (Lipinski definition) is 2. The maximum atomic E-state index is 12.5. The van der Waals surface area contributed by atoms with E-state index in [-0.39, 0.29) is 23.7 Å². The molecule has 1 heterocycles. The van der Waals surface area contributed by atoms with Crippen molar-refractivity contribution in [2.45, 2.75) is 32.7 Å². The largest absolute Gasteiger partial charge is 0.409 e. The Labute approximate surface area is 115 Å². The summed E-state index contributed by atoms with van der Waals surface area (Å²) in [5.74, 6) is -0.591. The van der Waals surface area contributed by atoms with Gasteiger partial charge < -0.3 is 20.7 Å². The van der Waals surface area contributed by atoms with Crippen molar-refractivity contribution in [1.82, 2.24) is 9.80 Å². The van der Waals surface area contributed by atoms with Crippen LogP contribution in [0.3, 0.4) is 0 Å². The van der Waals surface area contributed by atoms with Gasteiger partial charge in [-0.2, -0.15) is 0 Å². The molecule has 1 aliphatic rings. The SMILES string of the molecule is CC(C)C(C(=O)N(C)C1CCN(C)CC1)C(N)=NO. The van der Waals surface area contributed by atoms with Crippen LogP contribution in [0.15, 0.2) is 5.16 Å². The van der Waals surface area contributed by atoms with Crippen molar-refractivity contribution in [1.29, 1.82) is 0 Å². The molecule has 0 aromatic heterocycles. The van der Waals surface area contributed by atoms with Gasteiger partial charge >= 0.3 is 0 Å². The highest BCUT2D eigenvalue weighted by Crippen LogP contribution is 2.20. The Morgan fingerprint density at radius 3 is 2.37 bits per heavy atom. The summed E-state index contributed by atoms with van der Waals surface area (Å²) in [6, 6.07) is 0.247.